The Labute approximate surface area is 200 Å². The molecule has 8 heteroatoms. The van der Waals surface area contributed by atoms with Gasteiger partial charge in [0.2, 0.25) is 5.75 Å². The molecular formula is C26H29NO6S. The van der Waals surface area contributed by atoms with Crippen molar-refractivity contribution < 1.29 is 27.4 Å². The molecule has 0 fully saturated rings. The zero-order valence-corrected chi connectivity index (χ0v) is 20.6. The second-order valence-corrected chi connectivity index (χ2v) is 9.11. The minimum absolute atomic E-state index is 0.00456. The zero-order valence-electron chi connectivity index (χ0n) is 19.8. The number of aryl methyl sites for hydroxylation is 1. The standard InChI is InChI=1S/C26H29NO6S/c1-5-31-23-17-20(18-24(32-6-2)25(23)33-7-3)26(28)27(21-15-13-19(4)14-16-21)34(29,30)22-11-9-8-10-12-22/h8-18H,5-7H2,1-4H3. The Morgan fingerprint density at radius 3 is 1.82 bits per heavy atom. The Hall–Kier alpha value is -3.52. The highest BCUT2D eigenvalue weighted by Crippen LogP contribution is 2.40. The molecule has 34 heavy (non-hydrogen) atoms. The van der Waals surface area contributed by atoms with Gasteiger partial charge in [-0.05, 0) is 64.1 Å². The third kappa shape index (κ3) is 5.34. The third-order valence-electron chi connectivity index (χ3n) is 4.89. The quantitative estimate of drug-likeness (QED) is 0.393. The van der Waals surface area contributed by atoms with Crippen molar-refractivity contribution >= 4 is 21.6 Å². The lowest BCUT2D eigenvalue weighted by molar-refractivity contribution is 0.100. The van der Waals surface area contributed by atoms with Gasteiger partial charge in [-0.25, -0.2) is 8.42 Å². The predicted molar refractivity (Wildman–Crippen MR) is 132 cm³/mol. The van der Waals surface area contributed by atoms with E-state index in [0.29, 0.717) is 37.1 Å². The predicted octanol–water partition coefficient (Wildman–Crippen LogP) is 5.23. The summed E-state index contributed by atoms with van der Waals surface area (Å²) in [6.45, 7) is 8.35. The van der Waals surface area contributed by atoms with E-state index in [-0.39, 0.29) is 16.1 Å². The van der Waals surface area contributed by atoms with Gasteiger partial charge in [-0.1, -0.05) is 35.9 Å². The zero-order chi connectivity index (χ0) is 24.7. The molecule has 0 aliphatic carbocycles. The van der Waals surface area contributed by atoms with Crippen molar-refractivity contribution in [2.45, 2.75) is 32.6 Å². The summed E-state index contributed by atoms with van der Waals surface area (Å²) in [6, 6.07) is 17.6. The van der Waals surface area contributed by atoms with Gasteiger partial charge in [0, 0.05) is 5.56 Å². The van der Waals surface area contributed by atoms with Crippen LogP contribution >= 0.6 is 0 Å². The summed E-state index contributed by atoms with van der Waals surface area (Å²) in [7, 11) is -4.21. The van der Waals surface area contributed by atoms with Crippen LogP contribution in [0.2, 0.25) is 0 Å². The van der Waals surface area contributed by atoms with Gasteiger partial charge in [0.25, 0.3) is 15.9 Å². The van der Waals surface area contributed by atoms with Crippen LogP contribution in [0.25, 0.3) is 0 Å². The molecule has 0 aromatic heterocycles. The maximum Gasteiger partial charge on any atom is 0.272 e. The summed E-state index contributed by atoms with van der Waals surface area (Å²) in [5, 5.41) is 0. The van der Waals surface area contributed by atoms with E-state index < -0.39 is 15.9 Å². The van der Waals surface area contributed by atoms with Crippen molar-refractivity contribution in [3.8, 4) is 17.2 Å². The summed E-state index contributed by atoms with van der Waals surface area (Å²) >= 11 is 0. The number of carbonyl (C=O) groups is 1. The number of amides is 1. The van der Waals surface area contributed by atoms with Gasteiger partial charge in [-0.3, -0.25) is 4.79 Å². The molecule has 0 unspecified atom stereocenters. The van der Waals surface area contributed by atoms with Gasteiger partial charge in [0.15, 0.2) is 11.5 Å². The van der Waals surface area contributed by atoms with Crippen LogP contribution in [0.4, 0.5) is 5.69 Å². The van der Waals surface area contributed by atoms with E-state index in [1.165, 1.54) is 24.3 Å². The molecule has 0 radical (unpaired) electrons. The number of sulfonamides is 1. The topological polar surface area (TPSA) is 82.1 Å². The first-order chi connectivity index (χ1) is 16.3. The Balaban J connectivity index is 2.21. The lowest BCUT2D eigenvalue weighted by Crippen LogP contribution is -2.37. The number of hydrogen-bond donors (Lipinski definition) is 0. The van der Waals surface area contributed by atoms with Crippen LogP contribution in [-0.2, 0) is 10.0 Å². The summed E-state index contributed by atoms with van der Waals surface area (Å²) < 4.78 is 45.2. The normalized spacial score (nSPS) is 11.1. The molecule has 0 aliphatic rings. The smallest absolute Gasteiger partial charge is 0.272 e. The number of ether oxygens (including phenoxy) is 3. The highest BCUT2D eigenvalue weighted by molar-refractivity contribution is 7.93. The molecular weight excluding hydrogens is 454 g/mol. The second-order valence-electron chi connectivity index (χ2n) is 7.32. The minimum Gasteiger partial charge on any atom is -0.490 e. The first-order valence-corrected chi connectivity index (χ1v) is 12.5. The molecule has 0 atom stereocenters. The van der Waals surface area contributed by atoms with Gasteiger partial charge < -0.3 is 14.2 Å². The Bertz CT molecular complexity index is 1200. The van der Waals surface area contributed by atoms with Crippen molar-refractivity contribution in [2.75, 3.05) is 24.1 Å². The van der Waals surface area contributed by atoms with Crippen LogP contribution < -0.4 is 18.5 Å². The fourth-order valence-corrected chi connectivity index (χ4v) is 4.81. The molecule has 0 spiro atoms. The van der Waals surface area contributed by atoms with Crippen molar-refractivity contribution in [1.82, 2.24) is 0 Å². The summed E-state index contributed by atoms with van der Waals surface area (Å²) in [5.74, 6) is 0.243. The van der Waals surface area contributed by atoms with Crippen LogP contribution in [-0.4, -0.2) is 34.1 Å². The lowest BCUT2D eigenvalue weighted by Gasteiger charge is -2.24. The monoisotopic (exact) mass is 483 g/mol. The summed E-state index contributed by atoms with van der Waals surface area (Å²) in [5.41, 5.74) is 1.26. The van der Waals surface area contributed by atoms with Gasteiger partial charge in [0.1, 0.15) is 0 Å². The molecule has 3 rings (SSSR count). The number of anilines is 1. The van der Waals surface area contributed by atoms with Crippen molar-refractivity contribution in [3.05, 3.63) is 77.9 Å². The van der Waals surface area contributed by atoms with Crippen LogP contribution in [0, 0.1) is 6.92 Å². The van der Waals surface area contributed by atoms with Crippen molar-refractivity contribution in [2.24, 2.45) is 0 Å². The van der Waals surface area contributed by atoms with E-state index in [9.17, 15) is 13.2 Å². The molecule has 7 nitrogen and oxygen atoms in total. The van der Waals surface area contributed by atoms with E-state index in [1.54, 1.807) is 42.5 Å². The molecule has 1 amide bonds. The van der Waals surface area contributed by atoms with Crippen molar-refractivity contribution in [1.29, 1.82) is 0 Å². The molecule has 0 aliphatic heterocycles. The van der Waals surface area contributed by atoms with Gasteiger partial charge in [0.05, 0.1) is 30.4 Å². The number of nitrogens with zero attached hydrogens (tertiary/aromatic N) is 1. The molecule has 0 saturated carbocycles. The molecule has 180 valence electrons. The summed E-state index contributed by atoms with van der Waals surface area (Å²) in [4.78, 5) is 13.8. The van der Waals surface area contributed by atoms with E-state index in [1.807, 2.05) is 27.7 Å². The molecule has 3 aromatic rings. The average Bonchev–Trinajstić information content (AvgIpc) is 2.83. The van der Waals surface area contributed by atoms with Crippen LogP contribution in [0.15, 0.2) is 71.6 Å². The number of hydrogen-bond acceptors (Lipinski definition) is 6. The summed E-state index contributed by atoms with van der Waals surface area (Å²) in [6.07, 6.45) is 0. The largest absolute Gasteiger partial charge is 0.490 e. The van der Waals surface area contributed by atoms with Crippen LogP contribution in [0.3, 0.4) is 0 Å². The lowest BCUT2D eigenvalue weighted by atomic mass is 10.1. The number of rotatable bonds is 10. The van der Waals surface area contributed by atoms with E-state index in [0.717, 1.165) is 9.87 Å². The maximum atomic E-state index is 13.8. The molecule has 3 aromatic carbocycles. The fourth-order valence-electron chi connectivity index (χ4n) is 3.37. The minimum atomic E-state index is -4.21. The highest BCUT2D eigenvalue weighted by Gasteiger charge is 2.33. The Kier molecular flexibility index (Phi) is 8.17. The number of carbonyl (C=O) groups excluding carboxylic acids is 1. The molecule has 0 bridgehead atoms. The van der Waals surface area contributed by atoms with Gasteiger partial charge >= 0.3 is 0 Å². The van der Waals surface area contributed by atoms with E-state index in [4.69, 9.17) is 14.2 Å². The van der Waals surface area contributed by atoms with Crippen molar-refractivity contribution in [3.63, 3.8) is 0 Å². The Morgan fingerprint density at radius 1 is 0.794 bits per heavy atom. The average molecular weight is 484 g/mol. The first kappa shape index (κ1) is 25.1. The van der Waals surface area contributed by atoms with Crippen LogP contribution in [0.1, 0.15) is 36.7 Å². The van der Waals surface area contributed by atoms with Crippen LogP contribution in [0.5, 0.6) is 17.2 Å². The highest BCUT2D eigenvalue weighted by atomic mass is 32.2. The van der Waals surface area contributed by atoms with Gasteiger partial charge in [-0.15, -0.1) is 0 Å². The molecule has 0 heterocycles. The van der Waals surface area contributed by atoms with E-state index in [2.05, 4.69) is 0 Å². The molecule has 0 saturated heterocycles. The SMILES string of the molecule is CCOc1cc(C(=O)N(c2ccc(C)cc2)S(=O)(=O)c2ccccc2)cc(OCC)c1OCC. The number of benzene rings is 3. The molecule has 0 N–H and O–H groups in total. The first-order valence-electron chi connectivity index (χ1n) is 11.1. The van der Waals surface area contributed by atoms with E-state index >= 15 is 0 Å². The fraction of sp³-hybridized carbons (Fsp3) is 0.269. The van der Waals surface area contributed by atoms with Gasteiger partial charge in [-0.2, -0.15) is 4.31 Å². The third-order valence-corrected chi connectivity index (χ3v) is 6.62. The maximum absolute atomic E-state index is 13.8. The second kappa shape index (κ2) is 11.1. The Morgan fingerprint density at radius 2 is 1.32 bits per heavy atom.